The molecule has 1 fully saturated rings. The number of fused-ring (bicyclic) bond motifs is 1. The first-order chi connectivity index (χ1) is 10.2. The largest absolute Gasteiger partial charge is 0.490 e. The SMILES string of the molecule is CCc1c(C(CC(=O)O)C2CC2)ccc2c1OCCCO2. The number of carboxylic acids is 1. The molecular formula is C17H22O4. The molecule has 1 aliphatic carbocycles. The van der Waals surface area contributed by atoms with Crippen molar-refractivity contribution in [1.29, 1.82) is 0 Å². The quantitative estimate of drug-likeness (QED) is 0.903. The second kappa shape index (κ2) is 5.96. The molecule has 1 unspecified atom stereocenters. The Kier molecular flexibility index (Phi) is 4.04. The first-order valence-corrected chi connectivity index (χ1v) is 7.83. The fourth-order valence-corrected chi connectivity index (χ4v) is 3.24. The summed E-state index contributed by atoms with van der Waals surface area (Å²) in [6.45, 7) is 3.44. The van der Waals surface area contributed by atoms with Crippen molar-refractivity contribution >= 4 is 5.97 Å². The fraction of sp³-hybridized carbons (Fsp3) is 0.588. The summed E-state index contributed by atoms with van der Waals surface area (Å²) in [4.78, 5) is 11.2. The molecule has 0 bridgehead atoms. The second-order valence-electron chi connectivity index (χ2n) is 5.91. The highest BCUT2D eigenvalue weighted by Crippen LogP contribution is 2.48. The topological polar surface area (TPSA) is 55.8 Å². The molecule has 1 heterocycles. The van der Waals surface area contributed by atoms with Crippen LogP contribution in [0.2, 0.25) is 0 Å². The van der Waals surface area contributed by atoms with E-state index in [1.807, 2.05) is 6.07 Å². The van der Waals surface area contributed by atoms with E-state index in [9.17, 15) is 9.90 Å². The minimum atomic E-state index is -0.721. The number of rotatable bonds is 5. The third-order valence-electron chi connectivity index (χ3n) is 4.39. The first kappa shape index (κ1) is 14.2. The van der Waals surface area contributed by atoms with Gasteiger partial charge in [-0.1, -0.05) is 13.0 Å². The van der Waals surface area contributed by atoms with Crippen LogP contribution in [-0.2, 0) is 11.2 Å². The number of benzene rings is 1. The standard InChI is InChI=1S/C17H22O4/c1-2-12-13(14(10-16(18)19)11-4-5-11)6-7-15-17(12)21-9-3-8-20-15/h6-7,11,14H,2-5,8-10H2,1H3,(H,18,19). The number of ether oxygens (including phenoxy) is 2. The van der Waals surface area contributed by atoms with E-state index in [1.165, 1.54) is 0 Å². The predicted octanol–water partition coefficient (Wildman–Crippen LogP) is 3.38. The molecule has 0 spiro atoms. The number of hydrogen-bond donors (Lipinski definition) is 1. The smallest absolute Gasteiger partial charge is 0.303 e. The number of hydrogen-bond acceptors (Lipinski definition) is 3. The highest BCUT2D eigenvalue weighted by molar-refractivity contribution is 5.68. The Labute approximate surface area is 125 Å². The highest BCUT2D eigenvalue weighted by atomic mass is 16.5. The Morgan fingerprint density at radius 1 is 1.33 bits per heavy atom. The highest BCUT2D eigenvalue weighted by Gasteiger charge is 2.35. The zero-order valence-corrected chi connectivity index (χ0v) is 12.4. The molecule has 21 heavy (non-hydrogen) atoms. The Morgan fingerprint density at radius 3 is 2.76 bits per heavy atom. The maximum Gasteiger partial charge on any atom is 0.303 e. The summed E-state index contributed by atoms with van der Waals surface area (Å²) in [6.07, 6.45) is 4.20. The van der Waals surface area contributed by atoms with Gasteiger partial charge >= 0.3 is 5.97 Å². The molecule has 4 nitrogen and oxygen atoms in total. The van der Waals surface area contributed by atoms with E-state index in [0.29, 0.717) is 19.1 Å². The molecule has 1 aliphatic heterocycles. The van der Waals surface area contributed by atoms with Crippen LogP contribution in [0.25, 0.3) is 0 Å². The van der Waals surface area contributed by atoms with Crippen LogP contribution in [0.15, 0.2) is 12.1 Å². The van der Waals surface area contributed by atoms with E-state index >= 15 is 0 Å². The van der Waals surface area contributed by atoms with Gasteiger partial charge in [0.05, 0.1) is 19.6 Å². The Hall–Kier alpha value is -1.71. The monoisotopic (exact) mass is 290 g/mol. The Bertz CT molecular complexity index is 534. The molecule has 0 aromatic heterocycles. The van der Waals surface area contributed by atoms with Crippen LogP contribution < -0.4 is 9.47 Å². The van der Waals surface area contributed by atoms with Crippen LogP contribution >= 0.6 is 0 Å². The van der Waals surface area contributed by atoms with Gasteiger partial charge in [0.15, 0.2) is 11.5 Å². The molecule has 0 amide bonds. The zero-order chi connectivity index (χ0) is 14.8. The summed E-state index contributed by atoms with van der Waals surface area (Å²) in [5, 5.41) is 9.21. The van der Waals surface area contributed by atoms with Crippen molar-refractivity contribution < 1.29 is 19.4 Å². The van der Waals surface area contributed by atoms with Crippen molar-refractivity contribution in [3.63, 3.8) is 0 Å². The Balaban J connectivity index is 2.00. The van der Waals surface area contributed by atoms with Gasteiger partial charge in [0, 0.05) is 12.0 Å². The average molecular weight is 290 g/mol. The van der Waals surface area contributed by atoms with Crippen molar-refractivity contribution in [1.82, 2.24) is 0 Å². The maximum atomic E-state index is 11.2. The molecular weight excluding hydrogens is 268 g/mol. The van der Waals surface area contributed by atoms with Crippen LogP contribution in [0.5, 0.6) is 11.5 Å². The van der Waals surface area contributed by atoms with Gasteiger partial charge in [0.1, 0.15) is 0 Å². The van der Waals surface area contributed by atoms with Crippen LogP contribution in [0.4, 0.5) is 0 Å². The molecule has 0 radical (unpaired) electrons. The molecule has 2 aliphatic rings. The van der Waals surface area contributed by atoms with Gasteiger partial charge in [-0.3, -0.25) is 4.79 Å². The lowest BCUT2D eigenvalue weighted by molar-refractivity contribution is -0.137. The van der Waals surface area contributed by atoms with Gasteiger partial charge in [-0.15, -0.1) is 0 Å². The molecule has 1 aromatic carbocycles. The lowest BCUT2D eigenvalue weighted by Crippen LogP contribution is -2.11. The summed E-state index contributed by atoms with van der Waals surface area (Å²) in [6, 6.07) is 4.00. The molecule has 4 heteroatoms. The van der Waals surface area contributed by atoms with Crippen molar-refractivity contribution in [2.75, 3.05) is 13.2 Å². The van der Waals surface area contributed by atoms with Crippen molar-refractivity contribution in [3.05, 3.63) is 23.3 Å². The molecule has 1 saturated carbocycles. The fourth-order valence-electron chi connectivity index (χ4n) is 3.24. The van der Waals surface area contributed by atoms with Crippen LogP contribution in [0.3, 0.4) is 0 Å². The van der Waals surface area contributed by atoms with E-state index in [-0.39, 0.29) is 12.3 Å². The van der Waals surface area contributed by atoms with Gasteiger partial charge in [0.2, 0.25) is 0 Å². The predicted molar refractivity (Wildman–Crippen MR) is 79.1 cm³/mol. The zero-order valence-electron chi connectivity index (χ0n) is 12.4. The number of carboxylic acid groups (broad SMARTS) is 1. The van der Waals surface area contributed by atoms with Crippen molar-refractivity contribution in [3.8, 4) is 11.5 Å². The number of carbonyl (C=O) groups is 1. The average Bonchev–Trinajstić information content (AvgIpc) is 3.29. The van der Waals surface area contributed by atoms with Gasteiger partial charge in [-0.2, -0.15) is 0 Å². The normalized spacial score (nSPS) is 18.9. The lowest BCUT2D eigenvalue weighted by Gasteiger charge is -2.21. The minimum Gasteiger partial charge on any atom is -0.490 e. The lowest BCUT2D eigenvalue weighted by atomic mass is 9.86. The van der Waals surface area contributed by atoms with Crippen molar-refractivity contribution in [2.24, 2.45) is 5.92 Å². The van der Waals surface area contributed by atoms with Gasteiger partial charge in [-0.05, 0) is 42.7 Å². The summed E-state index contributed by atoms with van der Waals surface area (Å²) in [5.74, 6) is 1.54. The van der Waals surface area contributed by atoms with E-state index < -0.39 is 5.97 Å². The maximum absolute atomic E-state index is 11.2. The minimum absolute atomic E-state index is 0.106. The molecule has 1 aromatic rings. The molecule has 114 valence electrons. The molecule has 1 N–H and O–H groups in total. The number of aliphatic carboxylic acids is 1. The van der Waals surface area contributed by atoms with E-state index in [0.717, 1.165) is 48.3 Å². The van der Waals surface area contributed by atoms with Gasteiger partial charge < -0.3 is 14.6 Å². The van der Waals surface area contributed by atoms with Crippen LogP contribution in [0.1, 0.15) is 49.7 Å². The van der Waals surface area contributed by atoms with E-state index in [2.05, 4.69) is 13.0 Å². The molecule has 0 saturated heterocycles. The summed E-state index contributed by atoms with van der Waals surface area (Å²) in [7, 11) is 0. The first-order valence-electron chi connectivity index (χ1n) is 7.83. The molecule has 1 atom stereocenters. The Morgan fingerprint density at radius 2 is 2.10 bits per heavy atom. The van der Waals surface area contributed by atoms with Crippen LogP contribution in [0, 0.1) is 5.92 Å². The van der Waals surface area contributed by atoms with E-state index in [1.54, 1.807) is 0 Å². The summed E-state index contributed by atoms with van der Waals surface area (Å²) < 4.78 is 11.6. The summed E-state index contributed by atoms with van der Waals surface area (Å²) in [5.41, 5.74) is 2.28. The van der Waals surface area contributed by atoms with Crippen LogP contribution in [-0.4, -0.2) is 24.3 Å². The van der Waals surface area contributed by atoms with Gasteiger partial charge in [0.25, 0.3) is 0 Å². The van der Waals surface area contributed by atoms with Gasteiger partial charge in [-0.25, -0.2) is 0 Å². The third-order valence-corrected chi connectivity index (χ3v) is 4.39. The molecule has 3 rings (SSSR count). The third kappa shape index (κ3) is 2.99. The summed E-state index contributed by atoms with van der Waals surface area (Å²) >= 11 is 0. The van der Waals surface area contributed by atoms with Crippen molar-refractivity contribution in [2.45, 2.75) is 44.9 Å². The second-order valence-corrected chi connectivity index (χ2v) is 5.91. The van der Waals surface area contributed by atoms with E-state index in [4.69, 9.17) is 9.47 Å².